The number of benzene rings is 1. The average molecular weight is 534 g/mol. The largest absolute Gasteiger partial charge is 0.422 e. The number of nitrogens with one attached hydrogen (secondary N) is 1. The van der Waals surface area contributed by atoms with E-state index in [2.05, 4.69) is 10.3 Å². The quantitative estimate of drug-likeness (QED) is 0.216. The first-order valence-corrected chi connectivity index (χ1v) is 11.4. The van der Waals surface area contributed by atoms with Crippen molar-refractivity contribution in [3.63, 3.8) is 0 Å². The second-order valence-corrected chi connectivity index (χ2v) is 8.95. The lowest BCUT2D eigenvalue weighted by molar-refractivity contribution is -0.142. The summed E-state index contributed by atoms with van der Waals surface area (Å²) in [4.78, 5) is 51.8. The molecule has 0 aliphatic heterocycles. The molecular formula is C20H15F5N4O4S2. The standard InChI is InChI=1S/C20H15F5N4O4S2/c1-28-14(32)6-15(29(2)19(28)33)34-7-9(30)5-13(31)27-18-26-12(8-35-18)10-3-4-11(21)16(17(10)22)20(23,24)25/h3-4,6,8H,5,7H2,1-2H3,(H,26,27,31). The first-order valence-electron chi connectivity index (χ1n) is 9.52. The Hall–Kier alpha value is -3.33. The predicted molar refractivity (Wildman–Crippen MR) is 118 cm³/mol. The molecule has 1 aromatic carbocycles. The molecule has 0 radical (unpaired) electrons. The first kappa shape index (κ1) is 26.3. The zero-order valence-electron chi connectivity index (χ0n) is 17.9. The van der Waals surface area contributed by atoms with Gasteiger partial charge in [0.1, 0.15) is 17.2 Å². The molecule has 1 N–H and O–H groups in total. The smallest absolute Gasteiger partial charge is 0.302 e. The molecule has 0 bridgehead atoms. The molecule has 15 heteroatoms. The molecular weight excluding hydrogens is 519 g/mol. The maximum Gasteiger partial charge on any atom is 0.422 e. The molecule has 0 atom stereocenters. The molecule has 2 aromatic heterocycles. The van der Waals surface area contributed by atoms with E-state index in [1.165, 1.54) is 30.1 Å². The molecule has 0 fully saturated rings. The van der Waals surface area contributed by atoms with Gasteiger partial charge in [-0.2, -0.15) is 13.2 Å². The van der Waals surface area contributed by atoms with Crippen molar-refractivity contribution in [2.45, 2.75) is 17.6 Å². The van der Waals surface area contributed by atoms with Crippen molar-refractivity contribution in [1.82, 2.24) is 14.1 Å². The van der Waals surface area contributed by atoms with E-state index < -0.39 is 58.3 Å². The van der Waals surface area contributed by atoms with Gasteiger partial charge in [-0.3, -0.25) is 23.5 Å². The summed E-state index contributed by atoms with van der Waals surface area (Å²) in [5.41, 5.74) is -4.06. The maximum atomic E-state index is 14.3. The van der Waals surface area contributed by atoms with Gasteiger partial charge in [-0.15, -0.1) is 23.1 Å². The summed E-state index contributed by atoms with van der Waals surface area (Å²) >= 11 is 1.66. The highest BCUT2D eigenvalue weighted by molar-refractivity contribution is 7.99. The Kier molecular flexibility index (Phi) is 7.59. The number of ketones is 1. The first-order chi connectivity index (χ1) is 16.3. The minimum atomic E-state index is -5.26. The van der Waals surface area contributed by atoms with Crippen molar-refractivity contribution in [2.24, 2.45) is 14.1 Å². The molecule has 1 amide bonds. The number of rotatable bonds is 7. The fourth-order valence-electron chi connectivity index (χ4n) is 2.86. The number of anilines is 1. The van der Waals surface area contributed by atoms with Gasteiger partial charge in [-0.25, -0.2) is 18.6 Å². The van der Waals surface area contributed by atoms with Gasteiger partial charge in [-0.05, 0) is 12.1 Å². The number of alkyl halides is 3. The zero-order valence-corrected chi connectivity index (χ0v) is 19.5. The Balaban J connectivity index is 1.65. The molecule has 186 valence electrons. The van der Waals surface area contributed by atoms with Crippen molar-refractivity contribution < 1.29 is 31.5 Å². The zero-order chi connectivity index (χ0) is 26.1. The Morgan fingerprint density at radius 3 is 2.49 bits per heavy atom. The topological polar surface area (TPSA) is 103 Å². The number of thiazole rings is 1. The molecule has 0 spiro atoms. The average Bonchev–Trinajstić information content (AvgIpc) is 3.20. The molecule has 0 saturated carbocycles. The van der Waals surface area contributed by atoms with Crippen LogP contribution in [0.1, 0.15) is 12.0 Å². The summed E-state index contributed by atoms with van der Waals surface area (Å²) in [7, 11) is 2.72. The van der Waals surface area contributed by atoms with Crippen molar-refractivity contribution in [3.05, 3.63) is 61.6 Å². The monoisotopic (exact) mass is 534 g/mol. The van der Waals surface area contributed by atoms with E-state index in [9.17, 15) is 41.1 Å². The van der Waals surface area contributed by atoms with Gasteiger partial charge in [0.05, 0.1) is 22.9 Å². The number of nitrogens with zero attached hydrogens (tertiary/aromatic N) is 3. The normalized spacial score (nSPS) is 11.5. The van der Waals surface area contributed by atoms with Crippen LogP contribution in [-0.4, -0.2) is 31.6 Å². The minimum absolute atomic E-state index is 0.114. The van der Waals surface area contributed by atoms with Gasteiger partial charge in [0.15, 0.2) is 10.9 Å². The van der Waals surface area contributed by atoms with Gasteiger partial charge in [0.2, 0.25) is 5.91 Å². The number of halogens is 5. The van der Waals surface area contributed by atoms with Crippen molar-refractivity contribution in [2.75, 3.05) is 11.1 Å². The summed E-state index contributed by atoms with van der Waals surface area (Å²) in [5, 5.41) is 3.57. The minimum Gasteiger partial charge on any atom is -0.302 e. The maximum absolute atomic E-state index is 14.3. The van der Waals surface area contributed by atoms with Gasteiger partial charge in [-0.1, -0.05) is 0 Å². The number of carbonyl (C=O) groups excluding carboxylic acids is 2. The molecule has 0 unspecified atom stereocenters. The highest BCUT2D eigenvalue weighted by Crippen LogP contribution is 2.38. The van der Waals surface area contributed by atoms with Crippen LogP contribution in [0.3, 0.4) is 0 Å². The third kappa shape index (κ3) is 5.85. The molecule has 35 heavy (non-hydrogen) atoms. The number of thioether (sulfide) groups is 1. The van der Waals surface area contributed by atoms with Gasteiger partial charge >= 0.3 is 11.9 Å². The second-order valence-electron chi connectivity index (χ2n) is 7.09. The van der Waals surface area contributed by atoms with E-state index in [-0.39, 0.29) is 21.6 Å². The van der Waals surface area contributed by atoms with E-state index in [1.807, 2.05) is 0 Å². The number of hydrogen-bond donors (Lipinski definition) is 1. The van der Waals surface area contributed by atoms with Crippen LogP contribution in [0, 0.1) is 11.6 Å². The molecule has 0 aliphatic rings. The Morgan fingerprint density at radius 1 is 1.14 bits per heavy atom. The lowest BCUT2D eigenvalue weighted by Crippen LogP contribution is -2.37. The van der Waals surface area contributed by atoms with Crippen molar-refractivity contribution >= 4 is 39.9 Å². The summed E-state index contributed by atoms with van der Waals surface area (Å²) in [6.07, 6.45) is -5.85. The number of amides is 1. The van der Waals surface area contributed by atoms with E-state index >= 15 is 0 Å². The Labute approximate surface area is 201 Å². The Morgan fingerprint density at radius 2 is 1.83 bits per heavy atom. The summed E-state index contributed by atoms with van der Waals surface area (Å²) in [5.74, 6) is -5.16. The highest BCUT2D eigenvalue weighted by Gasteiger charge is 2.39. The fourth-order valence-corrected chi connectivity index (χ4v) is 4.46. The summed E-state index contributed by atoms with van der Waals surface area (Å²) in [6.45, 7) is 0. The van der Waals surface area contributed by atoms with Crippen LogP contribution in [0.4, 0.5) is 27.1 Å². The molecule has 3 aromatic rings. The van der Waals surface area contributed by atoms with Crippen LogP contribution in [-0.2, 0) is 29.9 Å². The molecule has 8 nitrogen and oxygen atoms in total. The third-order valence-electron chi connectivity index (χ3n) is 4.62. The summed E-state index contributed by atoms with van der Waals surface area (Å²) < 4.78 is 68.7. The SMILES string of the molecule is Cn1c(SCC(=O)CC(=O)Nc2nc(-c3ccc(F)c(C(F)(F)F)c3F)cs2)cc(=O)n(C)c1=O. The van der Waals surface area contributed by atoms with Crippen LogP contribution < -0.4 is 16.6 Å². The number of aromatic nitrogens is 3. The number of carbonyl (C=O) groups is 2. The molecule has 0 saturated heterocycles. The highest BCUT2D eigenvalue weighted by atomic mass is 32.2. The third-order valence-corrected chi connectivity index (χ3v) is 6.53. The van der Waals surface area contributed by atoms with E-state index in [0.29, 0.717) is 6.07 Å². The summed E-state index contributed by atoms with van der Waals surface area (Å²) in [6, 6.07) is 2.44. The van der Waals surface area contributed by atoms with Crippen molar-refractivity contribution in [3.8, 4) is 11.3 Å². The number of Topliss-reactive ketones (excluding diaryl/α,β-unsaturated/α-hetero) is 1. The van der Waals surface area contributed by atoms with Crippen LogP contribution in [0.5, 0.6) is 0 Å². The lowest BCUT2D eigenvalue weighted by atomic mass is 10.1. The molecule has 3 rings (SSSR count). The van der Waals surface area contributed by atoms with Gasteiger partial charge in [0, 0.05) is 31.1 Å². The van der Waals surface area contributed by atoms with Crippen LogP contribution >= 0.6 is 23.1 Å². The van der Waals surface area contributed by atoms with Crippen molar-refractivity contribution in [1.29, 1.82) is 0 Å². The lowest BCUT2D eigenvalue weighted by Gasteiger charge is -2.11. The van der Waals surface area contributed by atoms with Gasteiger partial charge in [0.25, 0.3) is 5.56 Å². The van der Waals surface area contributed by atoms with Crippen LogP contribution in [0.2, 0.25) is 0 Å². The van der Waals surface area contributed by atoms with Crippen LogP contribution in [0.15, 0.2) is 38.2 Å². The van der Waals surface area contributed by atoms with E-state index in [4.69, 9.17) is 0 Å². The second kappa shape index (κ2) is 10.1. The molecule has 0 aliphatic carbocycles. The fraction of sp³-hybridized carbons (Fsp3) is 0.250. The number of hydrogen-bond acceptors (Lipinski definition) is 7. The predicted octanol–water partition coefficient (Wildman–Crippen LogP) is 3.19. The van der Waals surface area contributed by atoms with Crippen LogP contribution in [0.25, 0.3) is 11.3 Å². The van der Waals surface area contributed by atoms with Gasteiger partial charge < -0.3 is 5.32 Å². The Bertz CT molecular complexity index is 1430. The molecule has 2 heterocycles. The van der Waals surface area contributed by atoms with E-state index in [0.717, 1.165) is 33.7 Å². The van der Waals surface area contributed by atoms with E-state index in [1.54, 1.807) is 0 Å².